The number of nitrogens with zero attached hydrogens (tertiary/aromatic N) is 1. The van der Waals surface area contributed by atoms with Crippen LogP contribution in [0.25, 0.3) is 0 Å². The van der Waals surface area contributed by atoms with E-state index in [1.54, 1.807) is 24.3 Å². The Balaban J connectivity index is 1.52. The zero-order valence-electron chi connectivity index (χ0n) is 19.4. The minimum Gasteiger partial charge on any atom is -0.616 e. The third-order valence-electron chi connectivity index (χ3n) is 6.11. The largest absolute Gasteiger partial charge is 0.616 e. The second kappa shape index (κ2) is 11.6. The van der Waals surface area contributed by atoms with Gasteiger partial charge in [0.05, 0.1) is 0 Å². The second-order valence-electron chi connectivity index (χ2n) is 9.95. The predicted octanol–water partition coefficient (Wildman–Crippen LogP) is 5.29. The fourth-order valence-corrected chi connectivity index (χ4v) is 5.58. The SMILES string of the molecule is CC(C)(C)CCN1CCC(NCC[S+]([O-])C(c2ccc(F)cc2)c2ccc(F)cc2)CC1. The Morgan fingerprint density at radius 2 is 1.47 bits per heavy atom. The summed E-state index contributed by atoms with van der Waals surface area (Å²) in [5.74, 6) is -0.162. The Kier molecular flexibility index (Phi) is 9.12. The van der Waals surface area contributed by atoms with Crippen molar-refractivity contribution < 1.29 is 13.3 Å². The monoisotopic (exact) mass is 462 g/mol. The highest BCUT2D eigenvalue weighted by molar-refractivity contribution is 7.91. The average molecular weight is 463 g/mol. The van der Waals surface area contributed by atoms with Crippen molar-refractivity contribution >= 4 is 11.2 Å². The van der Waals surface area contributed by atoms with Gasteiger partial charge in [-0.2, -0.15) is 0 Å². The molecule has 1 unspecified atom stereocenters. The van der Waals surface area contributed by atoms with E-state index in [0.717, 1.165) is 43.6 Å². The number of likely N-dealkylation sites (tertiary alicyclic amines) is 1. The van der Waals surface area contributed by atoms with Crippen LogP contribution in [0.4, 0.5) is 8.78 Å². The first kappa shape index (κ1) is 25.2. The van der Waals surface area contributed by atoms with Crippen LogP contribution in [0.2, 0.25) is 0 Å². The van der Waals surface area contributed by atoms with Crippen LogP contribution in [-0.2, 0) is 11.2 Å². The van der Waals surface area contributed by atoms with Crippen LogP contribution in [0.5, 0.6) is 0 Å². The summed E-state index contributed by atoms with van der Waals surface area (Å²) in [5, 5.41) is 3.18. The normalized spacial score (nSPS) is 17.1. The fourth-order valence-electron chi connectivity index (χ4n) is 4.11. The maximum atomic E-state index is 13.4. The summed E-state index contributed by atoms with van der Waals surface area (Å²) in [4.78, 5) is 2.54. The van der Waals surface area contributed by atoms with Gasteiger partial charge in [0.15, 0.2) is 5.25 Å². The molecule has 1 N–H and O–H groups in total. The van der Waals surface area contributed by atoms with E-state index in [-0.39, 0.29) is 11.6 Å². The van der Waals surface area contributed by atoms with E-state index in [1.807, 2.05) is 0 Å². The van der Waals surface area contributed by atoms with Gasteiger partial charge in [0.2, 0.25) is 0 Å². The molecule has 0 bridgehead atoms. The van der Waals surface area contributed by atoms with E-state index < -0.39 is 16.4 Å². The van der Waals surface area contributed by atoms with E-state index in [2.05, 4.69) is 31.0 Å². The van der Waals surface area contributed by atoms with Crippen molar-refractivity contribution in [2.45, 2.75) is 51.3 Å². The Morgan fingerprint density at radius 3 is 1.94 bits per heavy atom. The number of piperidine rings is 1. The zero-order valence-corrected chi connectivity index (χ0v) is 20.3. The van der Waals surface area contributed by atoms with Crippen molar-refractivity contribution in [1.29, 1.82) is 0 Å². The molecule has 176 valence electrons. The number of hydrogen-bond donors (Lipinski definition) is 1. The Labute approximate surface area is 194 Å². The van der Waals surface area contributed by atoms with Crippen molar-refractivity contribution in [2.75, 3.05) is 31.9 Å². The molecule has 1 aliphatic heterocycles. The van der Waals surface area contributed by atoms with E-state index in [1.165, 1.54) is 30.7 Å². The quantitative estimate of drug-likeness (QED) is 0.515. The highest BCUT2D eigenvalue weighted by Gasteiger charge is 2.27. The Hall–Kier alpha value is -1.47. The van der Waals surface area contributed by atoms with Gasteiger partial charge in [-0.15, -0.1) is 0 Å². The van der Waals surface area contributed by atoms with Gasteiger partial charge in [-0.25, -0.2) is 8.78 Å². The van der Waals surface area contributed by atoms with Gasteiger partial charge in [-0.1, -0.05) is 45.0 Å². The van der Waals surface area contributed by atoms with Gasteiger partial charge in [-0.3, -0.25) is 0 Å². The molecule has 1 aliphatic rings. The standard InChI is InChI=1S/C26H36F2N2OS/c1-26(2,3)14-18-30-16-12-24(13-17-30)29-15-19-32(31)25(20-4-8-22(27)9-5-20)21-6-10-23(28)11-7-21/h4-11,24-25,29H,12-19H2,1-3H3. The maximum absolute atomic E-state index is 13.4. The average Bonchev–Trinajstić information content (AvgIpc) is 2.75. The summed E-state index contributed by atoms with van der Waals surface area (Å²) < 4.78 is 40.1. The van der Waals surface area contributed by atoms with Gasteiger partial charge in [0.25, 0.3) is 0 Å². The minimum absolute atomic E-state index is 0.326. The maximum Gasteiger partial charge on any atom is 0.165 e. The molecule has 1 heterocycles. The molecular weight excluding hydrogens is 426 g/mol. The van der Waals surface area contributed by atoms with Gasteiger partial charge in [-0.05, 0) is 79.8 Å². The first-order valence-corrected chi connectivity index (χ1v) is 12.9. The molecule has 0 aliphatic carbocycles. The molecule has 2 aromatic rings. The van der Waals surface area contributed by atoms with Crippen LogP contribution in [0.3, 0.4) is 0 Å². The van der Waals surface area contributed by atoms with Gasteiger partial charge < -0.3 is 14.8 Å². The molecule has 1 fully saturated rings. The third-order valence-corrected chi connectivity index (χ3v) is 7.79. The summed E-state index contributed by atoms with van der Waals surface area (Å²) in [6.45, 7) is 10.9. The van der Waals surface area contributed by atoms with Gasteiger partial charge >= 0.3 is 0 Å². The number of benzene rings is 2. The predicted molar refractivity (Wildman–Crippen MR) is 129 cm³/mol. The molecule has 3 nitrogen and oxygen atoms in total. The van der Waals surface area contributed by atoms with Crippen molar-refractivity contribution in [1.82, 2.24) is 10.2 Å². The fraction of sp³-hybridized carbons (Fsp3) is 0.538. The zero-order chi connectivity index (χ0) is 23.1. The molecule has 1 saturated heterocycles. The molecule has 0 saturated carbocycles. The second-order valence-corrected chi connectivity index (χ2v) is 11.6. The smallest absolute Gasteiger partial charge is 0.165 e. The highest BCUT2D eigenvalue weighted by atomic mass is 32.2. The van der Waals surface area contributed by atoms with Crippen LogP contribution in [-0.4, -0.2) is 47.4 Å². The summed E-state index contributed by atoms with van der Waals surface area (Å²) in [6.07, 6.45) is 3.42. The first-order valence-electron chi connectivity index (χ1n) is 11.6. The van der Waals surface area contributed by atoms with Crippen molar-refractivity contribution in [3.05, 3.63) is 71.3 Å². The summed E-state index contributed by atoms with van der Waals surface area (Å²) in [7, 11) is 0. The molecule has 0 radical (unpaired) electrons. The van der Waals surface area contributed by atoms with E-state index in [0.29, 0.717) is 23.8 Å². The minimum atomic E-state index is -1.22. The first-order chi connectivity index (χ1) is 15.2. The van der Waals surface area contributed by atoms with Crippen LogP contribution < -0.4 is 5.32 Å². The molecule has 0 aromatic heterocycles. The van der Waals surface area contributed by atoms with E-state index in [4.69, 9.17) is 0 Å². The summed E-state index contributed by atoms with van der Waals surface area (Å²) >= 11 is -1.22. The number of hydrogen-bond acceptors (Lipinski definition) is 3. The van der Waals surface area contributed by atoms with Crippen molar-refractivity contribution in [3.8, 4) is 0 Å². The van der Waals surface area contributed by atoms with Gasteiger partial charge in [0, 0.05) is 23.7 Å². The molecule has 6 heteroatoms. The third kappa shape index (κ3) is 7.84. The van der Waals surface area contributed by atoms with E-state index >= 15 is 0 Å². The van der Waals surface area contributed by atoms with Crippen molar-refractivity contribution in [3.63, 3.8) is 0 Å². The molecule has 32 heavy (non-hydrogen) atoms. The molecule has 1 atom stereocenters. The lowest BCUT2D eigenvalue weighted by atomic mass is 9.91. The highest BCUT2D eigenvalue weighted by Crippen LogP contribution is 2.31. The van der Waals surface area contributed by atoms with Crippen LogP contribution >= 0.6 is 0 Å². The van der Waals surface area contributed by atoms with Crippen LogP contribution in [0.15, 0.2) is 48.5 Å². The number of halogens is 2. The Bertz CT molecular complexity index is 770. The summed E-state index contributed by atoms with van der Waals surface area (Å²) in [5.41, 5.74) is 1.93. The van der Waals surface area contributed by atoms with Gasteiger partial charge in [0.1, 0.15) is 17.4 Å². The molecular formula is C26H36F2N2OS. The Morgan fingerprint density at radius 1 is 0.969 bits per heavy atom. The molecule has 3 rings (SSSR count). The van der Waals surface area contributed by atoms with Crippen LogP contribution in [0.1, 0.15) is 56.4 Å². The molecule has 0 amide bonds. The van der Waals surface area contributed by atoms with Crippen molar-refractivity contribution in [2.24, 2.45) is 5.41 Å². The topological polar surface area (TPSA) is 38.3 Å². The molecule has 2 aromatic carbocycles. The summed E-state index contributed by atoms with van der Waals surface area (Å²) in [6, 6.07) is 12.7. The lowest BCUT2D eigenvalue weighted by molar-refractivity contribution is 0.175. The lowest BCUT2D eigenvalue weighted by Gasteiger charge is -2.34. The van der Waals surface area contributed by atoms with E-state index in [9.17, 15) is 13.3 Å². The number of rotatable bonds is 9. The number of nitrogens with one attached hydrogen (secondary N) is 1. The lowest BCUT2D eigenvalue weighted by Crippen LogP contribution is -2.44. The molecule has 0 spiro atoms. The van der Waals surface area contributed by atoms with Crippen LogP contribution in [0, 0.1) is 17.0 Å².